The van der Waals surface area contributed by atoms with Crippen molar-refractivity contribution in [3.63, 3.8) is 0 Å². The molecule has 0 aliphatic rings. The molecule has 0 saturated carbocycles. The Kier molecular flexibility index (Phi) is 77.3. The average Bonchev–Trinajstić information content (AvgIpc) is 0.918. The maximum atomic E-state index is 8.11. The van der Waals surface area contributed by atoms with E-state index in [1.807, 2.05) is 0 Å². The van der Waals surface area contributed by atoms with Gasteiger partial charge in [0.25, 0.3) is 0 Å². The van der Waals surface area contributed by atoms with Crippen LogP contribution in [0.5, 0.6) is 0 Å². The summed E-state index contributed by atoms with van der Waals surface area (Å²) in [4.78, 5) is 8.11. The van der Waals surface area contributed by atoms with Crippen LogP contribution in [0.1, 0.15) is 1.43 Å². The van der Waals surface area contributed by atoms with Crippen molar-refractivity contribution in [2.75, 3.05) is 0 Å². The van der Waals surface area contributed by atoms with Gasteiger partial charge >= 0.3 is 29.6 Å². The fraction of sp³-hybridized carbons (Fsp3) is 0. The summed E-state index contributed by atoms with van der Waals surface area (Å²) in [5.41, 5.74) is 0. The summed E-state index contributed by atoms with van der Waals surface area (Å²) in [5.74, 6) is 0. The van der Waals surface area contributed by atoms with Crippen molar-refractivity contribution >= 4 is 12.4 Å². The zero-order valence-corrected chi connectivity index (χ0v) is 5.53. The normalized spacial score (nSPS) is 2.40. The summed E-state index contributed by atoms with van der Waals surface area (Å²) >= 11 is 0. The van der Waals surface area contributed by atoms with Gasteiger partial charge in [-0.1, -0.05) is 0 Å². The molecule has 3 nitrogen and oxygen atoms in total. The van der Waals surface area contributed by atoms with E-state index >= 15 is 0 Å². The van der Waals surface area contributed by atoms with Crippen molar-refractivity contribution in [1.82, 2.24) is 0 Å². The van der Waals surface area contributed by atoms with Gasteiger partial charge in [-0.15, -0.1) is 17.3 Å². The van der Waals surface area contributed by atoms with Crippen LogP contribution in [0.2, 0.25) is 0 Å². The van der Waals surface area contributed by atoms with Crippen molar-refractivity contribution in [3.8, 4) is 0 Å². The molecule has 5 heteroatoms. The number of hydrogen-bond donors (Lipinski definition) is 1. The van der Waals surface area contributed by atoms with Crippen LogP contribution in [0.3, 0.4) is 0 Å². The average molecular weight is 107 g/mol. The molecule has 0 heterocycles. The summed E-state index contributed by atoms with van der Waals surface area (Å²) in [5, 5.41) is 7.89. The van der Waals surface area contributed by atoms with Crippen molar-refractivity contribution in [2.45, 2.75) is 0 Å². The first kappa shape index (κ1) is 17.3. The van der Waals surface area contributed by atoms with E-state index in [1.54, 1.807) is 0 Å². The Hall–Kier alpha value is 0.690. The van der Waals surface area contributed by atoms with Gasteiger partial charge in [0.05, 0.1) is 0 Å². The van der Waals surface area contributed by atoms with Crippen molar-refractivity contribution in [1.29, 1.82) is 0 Å². The molecule has 1 N–H and O–H groups in total. The van der Waals surface area contributed by atoms with E-state index in [-0.39, 0.29) is 43.4 Å². The first-order valence-corrected chi connectivity index (χ1v) is 0.383. The molecular formula is H3ClNNaO2. The fourth-order valence-corrected chi connectivity index (χ4v) is 0. The Morgan fingerprint density at radius 2 is 1.80 bits per heavy atom. The van der Waals surface area contributed by atoms with E-state index in [0.717, 1.165) is 0 Å². The van der Waals surface area contributed by atoms with E-state index < -0.39 is 0 Å². The van der Waals surface area contributed by atoms with Gasteiger partial charge in [0.2, 0.25) is 0 Å². The predicted molar refractivity (Wildman–Crippen MR) is 15.9 cm³/mol. The van der Waals surface area contributed by atoms with E-state index in [4.69, 9.17) is 10.1 Å². The molecule has 0 aromatic heterocycles. The molecule has 0 aliphatic carbocycles. The van der Waals surface area contributed by atoms with E-state index in [2.05, 4.69) is 0 Å². The topological polar surface area (TPSA) is 49.7 Å². The van der Waals surface area contributed by atoms with Gasteiger partial charge < -0.3 is 6.63 Å². The third-order valence-electron chi connectivity index (χ3n) is 0. The van der Waals surface area contributed by atoms with Gasteiger partial charge in [-0.05, 0) is 0 Å². The SMILES string of the molecule is Cl.O=NO.[H-].[Na+]. The molecule has 0 aliphatic heterocycles. The number of nitrogens with zero attached hydrogens (tertiary/aromatic N) is 1. The van der Waals surface area contributed by atoms with Crippen LogP contribution >= 0.6 is 12.4 Å². The number of hydrogen-bond acceptors (Lipinski definition) is 2. The Balaban J connectivity index is -0.00000000667. The van der Waals surface area contributed by atoms with Crippen molar-refractivity contribution in [3.05, 3.63) is 4.91 Å². The maximum Gasteiger partial charge on any atom is 1.00 e. The predicted octanol–water partition coefficient (Wildman–Crippen LogP) is -2.32. The van der Waals surface area contributed by atoms with Crippen LogP contribution in [0.15, 0.2) is 5.34 Å². The molecule has 5 heavy (non-hydrogen) atoms. The minimum Gasteiger partial charge on any atom is -1.00 e. The summed E-state index contributed by atoms with van der Waals surface area (Å²) in [7, 11) is 0. The van der Waals surface area contributed by atoms with Crippen LogP contribution < -0.4 is 29.6 Å². The molecule has 0 unspecified atom stereocenters. The molecule has 28 valence electrons. The molecule has 0 radical (unpaired) electrons. The zero-order valence-electron chi connectivity index (χ0n) is 3.71. The molecular weight excluding hydrogens is 104 g/mol. The molecule has 0 atom stereocenters. The van der Waals surface area contributed by atoms with E-state index in [0.29, 0.717) is 0 Å². The summed E-state index contributed by atoms with van der Waals surface area (Å²) in [6.07, 6.45) is 0. The standard InChI is InChI=1S/ClH.HNO2.Na.H/c;2-1-3;;/h1H;(H,2,3);;/q;;+1;-1. The Labute approximate surface area is 58.9 Å². The van der Waals surface area contributed by atoms with E-state index in [9.17, 15) is 0 Å². The van der Waals surface area contributed by atoms with Crippen molar-refractivity contribution < 1.29 is 36.2 Å². The number of rotatable bonds is 0. The number of halogens is 1. The van der Waals surface area contributed by atoms with Gasteiger partial charge in [-0.25, -0.2) is 0 Å². The van der Waals surface area contributed by atoms with Crippen LogP contribution in [-0.2, 0) is 0 Å². The Morgan fingerprint density at radius 3 is 1.80 bits per heavy atom. The summed E-state index contributed by atoms with van der Waals surface area (Å²) < 4.78 is 0. The van der Waals surface area contributed by atoms with Crippen LogP contribution in [0.4, 0.5) is 0 Å². The molecule has 0 saturated heterocycles. The van der Waals surface area contributed by atoms with E-state index in [1.165, 1.54) is 5.34 Å². The van der Waals surface area contributed by atoms with Crippen LogP contribution in [0, 0.1) is 4.91 Å². The maximum absolute atomic E-state index is 8.11. The van der Waals surface area contributed by atoms with Gasteiger partial charge in [0.1, 0.15) is 0 Å². The van der Waals surface area contributed by atoms with Crippen LogP contribution in [-0.4, -0.2) is 5.21 Å². The van der Waals surface area contributed by atoms with Gasteiger partial charge in [0.15, 0.2) is 5.34 Å². The van der Waals surface area contributed by atoms with Gasteiger partial charge in [0, 0.05) is 0 Å². The smallest absolute Gasteiger partial charge is 1.00 e. The largest absolute Gasteiger partial charge is 1.00 e. The first-order valence-electron chi connectivity index (χ1n) is 0.383. The minimum atomic E-state index is 0. The fourth-order valence-electron chi connectivity index (χ4n) is 0. The quantitative estimate of drug-likeness (QED) is 0.215. The summed E-state index contributed by atoms with van der Waals surface area (Å²) in [6, 6.07) is 0. The van der Waals surface area contributed by atoms with Crippen molar-refractivity contribution in [2.24, 2.45) is 5.34 Å². The summed E-state index contributed by atoms with van der Waals surface area (Å²) in [6.45, 7) is 0. The second kappa shape index (κ2) is 22.4. The molecule has 0 rings (SSSR count). The monoisotopic (exact) mass is 107 g/mol. The Morgan fingerprint density at radius 1 is 1.80 bits per heavy atom. The first-order chi connectivity index (χ1) is 1.41. The molecule has 0 bridgehead atoms. The molecule has 0 amide bonds. The second-order valence-corrected chi connectivity index (χ2v) is 0.0816. The molecule has 0 aromatic rings. The third-order valence-corrected chi connectivity index (χ3v) is 0. The molecule has 0 spiro atoms. The van der Waals surface area contributed by atoms with Crippen LogP contribution in [0.25, 0.3) is 0 Å². The molecule has 0 fully saturated rings. The van der Waals surface area contributed by atoms with Gasteiger partial charge in [-0.3, -0.25) is 0 Å². The third kappa shape index (κ3) is 71.3. The molecule has 0 aromatic carbocycles. The minimum absolute atomic E-state index is 0. The zero-order chi connectivity index (χ0) is 2.71. The Bertz CT molecular complexity index is 21.0. The van der Waals surface area contributed by atoms with Gasteiger partial charge in [-0.2, -0.15) is 0 Å². The second-order valence-electron chi connectivity index (χ2n) is 0.0816.